The lowest BCUT2D eigenvalue weighted by Crippen LogP contribution is -2.30. The van der Waals surface area contributed by atoms with Gasteiger partial charge >= 0.3 is 0 Å². The third-order valence-electron chi connectivity index (χ3n) is 7.83. The van der Waals surface area contributed by atoms with Crippen molar-refractivity contribution in [2.45, 2.75) is 19.8 Å². The largest absolute Gasteiger partial charge is 0.454 e. The third-order valence-corrected chi connectivity index (χ3v) is 7.83. The lowest BCUT2D eigenvalue weighted by molar-refractivity contribution is -0.660. The average molecular weight is 500 g/mol. The molecule has 0 amide bonds. The first-order chi connectivity index (χ1) is 18.6. The standard InChI is InChI=1S/C34H28FN2O/c1-22-13-15-26-27-16-17-28(35)32(34(27)38-33(26)31(22)30-12-6-7-19-36(30)2)24-14-18-29-23(21-24)9-8-20-37(29)25-10-4-3-5-11-25/h3-7,10-19,21H,8-9,20H2,1-2H3/q+1. The van der Waals surface area contributed by atoms with E-state index in [2.05, 4.69) is 71.0 Å². The number of rotatable bonds is 3. The van der Waals surface area contributed by atoms with Gasteiger partial charge in [-0.3, -0.25) is 0 Å². The van der Waals surface area contributed by atoms with Crippen LogP contribution in [0, 0.1) is 12.7 Å². The SMILES string of the molecule is Cc1ccc2c(oc3c(-c4ccc5c(c4)CCCN5c4ccccc4)c(F)ccc32)c1-c1cccc[n+]1C. The molecule has 1 aliphatic rings. The van der Waals surface area contributed by atoms with E-state index in [0.29, 0.717) is 11.1 Å². The fourth-order valence-electron chi connectivity index (χ4n) is 5.98. The second-order valence-corrected chi connectivity index (χ2v) is 10.2. The van der Waals surface area contributed by atoms with E-state index < -0.39 is 0 Å². The molecule has 186 valence electrons. The number of fused-ring (bicyclic) bond motifs is 4. The minimum atomic E-state index is -0.268. The normalized spacial score (nSPS) is 13.3. The molecule has 1 aliphatic heterocycles. The van der Waals surface area contributed by atoms with Crippen molar-refractivity contribution in [3.05, 3.63) is 114 Å². The summed E-state index contributed by atoms with van der Waals surface area (Å²) in [6, 6.07) is 30.6. The van der Waals surface area contributed by atoms with E-state index in [-0.39, 0.29) is 5.82 Å². The molecule has 3 nitrogen and oxygen atoms in total. The first kappa shape index (κ1) is 22.7. The molecule has 0 spiro atoms. The van der Waals surface area contributed by atoms with Crippen LogP contribution in [0.2, 0.25) is 0 Å². The zero-order valence-corrected chi connectivity index (χ0v) is 21.5. The Morgan fingerprint density at radius 1 is 0.816 bits per heavy atom. The van der Waals surface area contributed by atoms with Crippen LogP contribution in [0.1, 0.15) is 17.5 Å². The molecule has 0 atom stereocenters. The summed E-state index contributed by atoms with van der Waals surface area (Å²) in [6.45, 7) is 3.07. The van der Waals surface area contributed by atoms with Crippen LogP contribution in [-0.2, 0) is 13.5 Å². The fourth-order valence-corrected chi connectivity index (χ4v) is 5.98. The van der Waals surface area contributed by atoms with Crippen LogP contribution in [-0.4, -0.2) is 6.54 Å². The number of furan rings is 1. The number of nitrogens with zero attached hydrogens (tertiary/aromatic N) is 2. The number of anilines is 2. The van der Waals surface area contributed by atoms with E-state index in [1.807, 2.05) is 43.6 Å². The summed E-state index contributed by atoms with van der Waals surface area (Å²) in [6.07, 6.45) is 4.06. The molecular weight excluding hydrogens is 471 g/mol. The molecule has 0 bridgehead atoms. The second-order valence-electron chi connectivity index (χ2n) is 10.2. The number of hydrogen-bond donors (Lipinski definition) is 0. The Bertz CT molecular complexity index is 1840. The summed E-state index contributed by atoms with van der Waals surface area (Å²) in [5, 5.41) is 1.93. The lowest BCUT2D eigenvalue weighted by atomic mass is 9.94. The molecule has 0 fully saturated rings. The van der Waals surface area contributed by atoms with Crippen LogP contribution >= 0.6 is 0 Å². The Kier molecular flexibility index (Phi) is 5.29. The minimum absolute atomic E-state index is 0.268. The first-order valence-electron chi connectivity index (χ1n) is 13.2. The molecule has 4 aromatic carbocycles. The number of para-hydroxylation sites is 1. The zero-order chi connectivity index (χ0) is 25.8. The van der Waals surface area contributed by atoms with Crippen molar-refractivity contribution in [1.29, 1.82) is 0 Å². The maximum atomic E-state index is 15.6. The molecule has 0 unspecified atom stereocenters. The predicted molar refractivity (Wildman–Crippen MR) is 152 cm³/mol. The first-order valence-corrected chi connectivity index (χ1v) is 13.2. The number of aromatic nitrogens is 1. The number of benzene rings is 4. The minimum Gasteiger partial charge on any atom is -0.454 e. The molecule has 38 heavy (non-hydrogen) atoms. The van der Waals surface area contributed by atoms with Gasteiger partial charge in [-0.2, -0.15) is 0 Å². The molecule has 3 heterocycles. The van der Waals surface area contributed by atoms with Crippen LogP contribution in [0.3, 0.4) is 0 Å². The molecule has 2 aromatic heterocycles. The topological polar surface area (TPSA) is 20.3 Å². The Balaban J connectivity index is 1.43. The van der Waals surface area contributed by atoms with Gasteiger partial charge in [0.15, 0.2) is 6.20 Å². The highest BCUT2D eigenvalue weighted by atomic mass is 19.1. The van der Waals surface area contributed by atoms with Gasteiger partial charge < -0.3 is 9.32 Å². The van der Waals surface area contributed by atoms with Crippen molar-refractivity contribution in [1.82, 2.24) is 0 Å². The molecule has 7 rings (SSSR count). The van der Waals surface area contributed by atoms with Crippen LogP contribution < -0.4 is 9.47 Å². The monoisotopic (exact) mass is 499 g/mol. The summed E-state index contributed by atoms with van der Waals surface area (Å²) in [4.78, 5) is 2.36. The lowest BCUT2D eigenvalue weighted by Gasteiger charge is -2.31. The van der Waals surface area contributed by atoms with Crippen molar-refractivity contribution in [2.24, 2.45) is 7.05 Å². The van der Waals surface area contributed by atoms with E-state index in [1.165, 1.54) is 16.9 Å². The Morgan fingerprint density at radius 3 is 2.39 bits per heavy atom. The quantitative estimate of drug-likeness (QED) is 0.228. The van der Waals surface area contributed by atoms with Crippen molar-refractivity contribution in [2.75, 3.05) is 11.4 Å². The van der Waals surface area contributed by atoms with Gasteiger partial charge in [-0.25, -0.2) is 8.96 Å². The van der Waals surface area contributed by atoms with Gasteiger partial charge in [0.2, 0.25) is 5.69 Å². The maximum Gasteiger partial charge on any atom is 0.216 e. The molecule has 0 saturated heterocycles. The van der Waals surface area contributed by atoms with E-state index >= 15 is 4.39 Å². The van der Waals surface area contributed by atoms with Gasteiger partial charge in [-0.1, -0.05) is 36.4 Å². The van der Waals surface area contributed by atoms with Gasteiger partial charge in [0.1, 0.15) is 24.0 Å². The summed E-state index contributed by atoms with van der Waals surface area (Å²) in [5.74, 6) is -0.268. The van der Waals surface area contributed by atoms with Crippen molar-refractivity contribution in [3.8, 4) is 22.4 Å². The van der Waals surface area contributed by atoms with Crippen molar-refractivity contribution >= 4 is 33.3 Å². The molecule has 4 heteroatoms. The van der Waals surface area contributed by atoms with Gasteiger partial charge in [0, 0.05) is 40.8 Å². The number of hydrogen-bond acceptors (Lipinski definition) is 2. The summed E-state index contributed by atoms with van der Waals surface area (Å²) in [7, 11) is 2.03. The number of aryl methyl sites for hydroxylation is 3. The second kappa shape index (κ2) is 8.84. The highest BCUT2D eigenvalue weighted by molar-refractivity contribution is 6.13. The van der Waals surface area contributed by atoms with Gasteiger partial charge in [-0.15, -0.1) is 0 Å². The van der Waals surface area contributed by atoms with Crippen molar-refractivity contribution in [3.63, 3.8) is 0 Å². The summed E-state index contributed by atoms with van der Waals surface area (Å²) < 4.78 is 24.3. The molecule has 0 N–H and O–H groups in total. The van der Waals surface area contributed by atoms with Crippen LogP contribution in [0.25, 0.3) is 44.3 Å². The van der Waals surface area contributed by atoms with E-state index in [1.54, 1.807) is 6.07 Å². The van der Waals surface area contributed by atoms with Gasteiger partial charge in [0.25, 0.3) is 0 Å². The zero-order valence-electron chi connectivity index (χ0n) is 21.5. The maximum absolute atomic E-state index is 15.6. The smallest absolute Gasteiger partial charge is 0.216 e. The third kappa shape index (κ3) is 3.52. The molecular formula is C34H28FN2O+. The molecule has 0 saturated carbocycles. The molecule has 0 aliphatic carbocycles. The Hall–Kier alpha value is -4.44. The van der Waals surface area contributed by atoms with Gasteiger partial charge in [0.05, 0.1) is 11.1 Å². The van der Waals surface area contributed by atoms with Crippen LogP contribution in [0.15, 0.2) is 102 Å². The van der Waals surface area contributed by atoms with E-state index in [9.17, 15) is 0 Å². The van der Waals surface area contributed by atoms with E-state index in [4.69, 9.17) is 4.42 Å². The highest BCUT2D eigenvalue weighted by Gasteiger charge is 2.24. The fraction of sp³-hybridized carbons (Fsp3) is 0.147. The summed E-state index contributed by atoms with van der Waals surface area (Å²) in [5.41, 5.74) is 9.60. The number of pyridine rings is 1. The predicted octanol–water partition coefficient (Wildman–Crippen LogP) is 8.28. The molecule has 6 aromatic rings. The van der Waals surface area contributed by atoms with E-state index in [0.717, 1.165) is 58.1 Å². The Labute approximate surface area is 221 Å². The number of halogens is 1. The van der Waals surface area contributed by atoms with Crippen molar-refractivity contribution < 1.29 is 13.4 Å². The highest BCUT2D eigenvalue weighted by Crippen LogP contribution is 2.43. The summed E-state index contributed by atoms with van der Waals surface area (Å²) >= 11 is 0. The molecule has 0 radical (unpaired) electrons. The Morgan fingerprint density at radius 2 is 1.58 bits per heavy atom. The van der Waals surface area contributed by atoms with Crippen LogP contribution in [0.4, 0.5) is 15.8 Å². The van der Waals surface area contributed by atoms with Crippen LogP contribution in [0.5, 0.6) is 0 Å². The average Bonchev–Trinajstić information content (AvgIpc) is 3.32. The van der Waals surface area contributed by atoms with Gasteiger partial charge in [-0.05, 0) is 78.9 Å².